The van der Waals surface area contributed by atoms with E-state index in [2.05, 4.69) is 20.3 Å². The molecule has 0 bridgehead atoms. The molecule has 0 saturated carbocycles. The third-order valence-corrected chi connectivity index (χ3v) is 4.11. The van der Waals surface area contributed by atoms with E-state index in [1.54, 1.807) is 0 Å². The van der Waals surface area contributed by atoms with Crippen LogP contribution in [0, 0.1) is 13.8 Å². The highest BCUT2D eigenvalue weighted by molar-refractivity contribution is 5.96. The van der Waals surface area contributed by atoms with Crippen LogP contribution < -0.4 is 10.2 Å². The number of aryl methyl sites for hydroxylation is 2. The van der Waals surface area contributed by atoms with Gasteiger partial charge < -0.3 is 15.0 Å². The lowest BCUT2D eigenvalue weighted by Crippen LogP contribution is -2.33. The largest absolute Gasteiger partial charge is 0.376 e. The van der Waals surface area contributed by atoms with Gasteiger partial charge in [0.25, 0.3) is 5.91 Å². The molecule has 0 radical (unpaired) electrons. The zero-order chi connectivity index (χ0) is 17.3. The summed E-state index contributed by atoms with van der Waals surface area (Å²) in [6, 6.07) is 2.00. The Hall–Kier alpha value is -2.28. The Balaban J connectivity index is 1.94. The molecule has 3 heterocycles. The van der Waals surface area contributed by atoms with E-state index in [1.165, 1.54) is 0 Å². The Morgan fingerprint density at radius 3 is 2.79 bits per heavy atom. The van der Waals surface area contributed by atoms with Crippen LogP contribution in [0.5, 0.6) is 0 Å². The molecule has 1 amide bonds. The first-order chi connectivity index (χ1) is 11.5. The molecule has 1 aliphatic heterocycles. The van der Waals surface area contributed by atoms with Crippen molar-refractivity contribution < 1.29 is 9.53 Å². The van der Waals surface area contributed by atoms with Crippen molar-refractivity contribution in [2.45, 2.75) is 32.8 Å². The highest BCUT2D eigenvalue weighted by atomic mass is 16.5. The van der Waals surface area contributed by atoms with Crippen molar-refractivity contribution >= 4 is 22.8 Å². The number of hydrogen-bond donors (Lipinski definition) is 1. The van der Waals surface area contributed by atoms with Crippen molar-refractivity contribution in [1.82, 2.24) is 20.3 Å². The van der Waals surface area contributed by atoms with E-state index in [-0.39, 0.29) is 17.8 Å². The van der Waals surface area contributed by atoms with E-state index in [0.717, 1.165) is 36.1 Å². The lowest BCUT2D eigenvalue weighted by Gasteiger charge is -2.17. The van der Waals surface area contributed by atoms with Crippen LogP contribution in [0.1, 0.15) is 34.7 Å². The molecule has 2 aromatic heterocycles. The predicted molar refractivity (Wildman–Crippen MR) is 92.4 cm³/mol. The summed E-state index contributed by atoms with van der Waals surface area (Å²) in [5.41, 5.74) is 2.47. The molecule has 1 N–H and O–H groups in total. The van der Waals surface area contributed by atoms with Gasteiger partial charge in [-0.1, -0.05) is 0 Å². The molecule has 0 aromatic carbocycles. The molecule has 0 aliphatic carbocycles. The lowest BCUT2D eigenvalue weighted by atomic mass is 10.1. The van der Waals surface area contributed by atoms with E-state index >= 15 is 0 Å². The van der Waals surface area contributed by atoms with Gasteiger partial charge in [-0.15, -0.1) is 0 Å². The van der Waals surface area contributed by atoms with Gasteiger partial charge in [-0.05, 0) is 38.3 Å². The van der Waals surface area contributed by atoms with E-state index in [1.807, 2.05) is 38.9 Å². The van der Waals surface area contributed by atoms with Crippen molar-refractivity contribution in [2.24, 2.45) is 0 Å². The molecular weight excluding hydrogens is 306 g/mol. The van der Waals surface area contributed by atoms with Gasteiger partial charge in [-0.25, -0.2) is 15.0 Å². The zero-order valence-corrected chi connectivity index (χ0v) is 14.6. The van der Waals surface area contributed by atoms with Gasteiger partial charge in [-0.2, -0.15) is 0 Å². The normalized spacial score (nSPS) is 17.2. The van der Waals surface area contributed by atoms with Crippen LogP contribution in [0.25, 0.3) is 11.0 Å². The molecule has 1 atom stereocenters. The summed E-state index contributed by atoms with van der Waals surface area (Å²) in [5, 5.41) is 3.74. The number of amides is 1. The maximum absolute atomic E-state index is 12.5. The number of hydrogen-bond acceptors (Lipinski definition) is 6. The van der Waals surface area contributed by atoms with E-state index in [4.69, 9.17) is 4.74 Å². The fourth-order valence-electron chi connectivity index (χ4n) is 2.97. The van der Waals surface area contributed by atoms with Crippen molar-refractivity contribution in [3.05, 3.63) is 23.1 Å². The van der Waals surface area contributed by atoms with Gasteiger partial charge in [0.1, 0.15) is 5.82 Å². The Morgan fingerprint density at radius 2 is 2.12 bits per heavy atom. The molecule has 1 aliphatic rings. The first-order valence-electron chi connectivity index (χ1n) is 8.19. The van der Waals surface area contributed by atoms with Crippen LogP contribution in [-0.4, -0.2) is 54.2 Å². The summed E-state index contributed by atoms with van der Waals surface area (Å²) in [6.45, 7) is 5.17. The van der Waals surface area contributed by atoms with E-state index in [0.29, 0.717) is 18.0 Å². The standard InChI is InChI=1S/C17H23N5O2/c1-10-8-11(2)19-14-13(10)16(22(3)4)21-15(20-14)17(23)18-9-12-6-5-7-24-12/h8,12H,5-7,9H2,1-4H3,(H,18,23). The monoisotopic (exact) mass is 329 g/mol. The number of carbonyl (C=O) groups is 1. The number of nitrogens with zero attached hydrogens (tertiary/aromatic N) is 4. The SMILES string of the molecule is Cc1cc(C)c2c(N(C)C)nc(C(=O)NCC3CCCO3)nc2n1. The first kappa shape index (κ1) is 16.6. The van der Waals surface area contributed by atoms with E-state index in [9.17, 15) is 4.79 Å². The molecule has 0 spiro atoms. The van der Waals surface area contributed by atoms with Gasteiger partial charge >= 0.3 is 0 Å². The number of fused-ring (bicyclic) bond motifs is 1. The molecule has 7 nitrogen and oxygen atoms in total. The zero-order valence-electron chi connectivity index (χ0n) is 14.6. The fourth-order valence-corrected chi connectivity index (χ4v) is 2.97. The third kappa shape index (κ3) is 3.31. The minimum Gasteiger partial charge on any atom is -0.376 e. The predicted octanol–water partition coefficient (Wildman–Crippen LogP) is 1.62. The second kappa shape index (κ2) is 6.68. The first-order valence-corrected chi connectivity index (χ1v) is 8.19. The molecule has 1 fully saturated rings. The maximum atomic E-state index is 12.5. The van der Waals surface area contributed by atoms with Crippen molar-refractivity contribution in [3.63, 3.8) is 0 Å². The van der Waals surface area contributed by atoms with Crippen molar-refractivity contribution in [3.8, 4) is 0 Å². The number of pyridine rings is 1. The number of anilines is 1. The summed E-state index contributed by atoms with van der Waals surface area (Å²) >= 11 is 0. The molecule has 1 saturated heterocycles. The summed E-state index contributed by atoms with van der Waals surface area (Å²) in [6.07, 6.45) is 2.10. The van der Waals surface area contributed by atoms with Crippen LogP contribution in [0.15, 0.2) is 6.07 Å². The Labute approximate surface area is 141 Å². The molecule has 3 rings (SSSR count). The molecular formula is C17H23N5O2. The number of rotatable bonds is 4. The van der Waals surface area contributed by atoms with Crippen LogP contribution in [0.2, 0.25) is 0 Å². The average molecular weight is 329 g/mol. The average Bonchev–Trinajstić information content (AvgIpc) is 3.04. The van der Waals surface area contributed by atoms with Crippen LogP contribution in [0.4, 0.5) is 5.82 Å². The summed E-state index contributed by atoms with van der Waals surface area (Å²) < 4.78 is 5.53. The number of ether oxygens (including phenoxy) is 1. The Kier molecular flexibility index (Phi) is 4.62. The Morgan fingerprint density at radius 1 is 1.33 bits per heavy atom. The third-order valence-electron chi connectivity index (χ3n) is 4.11. The quantitative estimate of drug-likeness (QED) is 0.918. The lowest BCUT2D eigenvalue weighted by molar-refractivity contribution is 0.0849. The minimum atomic E-state index is -0.295. The maximum Gasteiger partial charge on any atom is 0.289 e. The molecule has 1 unspecified atom stereocenters. The summed E-state index contributed by atoms with van der Waals surface area (Å²) in [7, 11) is 3.80. The summed E-state index contributed by atoms with van der Waals surface area (Å²) in [5.74, 6) is 0.547. The van der Waals surface area contributed by atoms with Crippen LogP contribution in [-0.2, 0) is 4.74 Å². The number of carbonyl (C=O) groups excluding carboxylic acids is 1. The van der Waals surface area contributed by atoms with Crippen LogP contribution >= 0.6 is 0 Å². The topological polar surface area (TPSA) is 80.2 Å². The van der Waals surface area contributed by atoms with Gasteiger partial charge in [0.05, 0.1) is 11.5 Å². The van der Waals surface area contributed by atoms with Crippen LogP contribution in [0.3, 0.4) is 0 Å². The highest BCUT2D eigenvalue weighted by Gasteiger charge is 2.20. The summed E-state index contributed by atoms with van der Waals surface area (Å²) in [4.78, 5) is 27.7. The fraction of sp³-hybridized carbons (Fsp3) is 0.529. The second-order valence-corrected chi connectivity index (χ2v) is 6.39. The van der Waals surface area contributed by atoms with Gasteiger partial charge in [-0.3, -0.25) is 4.79 Å². The van der Waals surface area contributed by atoms with Crippen molar-refractivity contribution in [2.75, 3.05) is 32.1 Å². The number of nitrogens with one attached hydrogen (secondary N) is 1. The van der Waals surface area contributed by atoms with Crippen molar-refractivity contribution in [1.29, 1.82) is 0 Å². The highest BCUT2D eigenvalue weighted by Crippen LogP contribution is 2.25. The second-order valence-electron chi connectivity index (χ2n) is 6.39. The smallest absolute Gasteiger partial charge is 0.289 e. The molecule has 128 valence electrons. The van der Waals surface area contributed by atoms with Gasteiger partial charge in [0.2, 0.25) is 5.82 Å². The molecule has 2 aromatic rings. The van der Waals surface area contributed by atoms with Gasteiger partial charge in [0, 0.05) is 32.9 Å². The number of aromatic nitrogens is 3. The minimum absolute atomic E-state index is 0.0883. The van der Waals surface area contributed by atoms with E-state index < -0.39 is 0 Å². The Bertz CT molecular complexity index is 769. The van der Waals surface area contributed by atoms with Gasteiger partial charge in [0.15, 0.2) is 5.65 Å². The molecule has 24 heavy (non-hydrogen) atoms. The molecule has 7 heteroatoms.